The highest BCUT2D eigenvalue weighted by atomic mass is 79.9. The number of hydrogen-bond donors (Lipinski definition) is 1. The third-order valence-electron chi connectivity index (χ3n) is 3.57. The third kappa shape index (κ3) is 3.03. The van der Waals surface area contributed by atoms with Crippen LogP contribution in [0.1, 0.15) is 32.3 Å². The molecule has 1 amide bonds. The number of rotatable bonds is 5. The summed E-state index contributed by atoms with van der Waals surface area (Å²) in [5, 5.41) is 2.76. The maximum atomic E-state index is 12.4. The van der Waals surface area contributed by atoms with Crippen molar-refractivity contribution in [3.63, 3.8) is 0 Å². The molecule has 0 aliphatic heterocycles. The van der Waals surface area contributed by atoms with Crippen LogP contribution in [-0.4, -0.2) is 24.5 Å². The molecule has 2 rings (SSSR count). The Labute approximate surface area is 127 Å². The van der Waals surface area contributed by atoms with Crippen LogP contribution < -0.4 is 5.32 Å². The SMILES string of the molecule is CCOC(=O)C(C)NC(=O)C1(c2ccc(Br)cc2)CC1. The summed E-state index contributed by atoms with van der Waals surface area (Å²) in [6.07, 6.45) is 1.63. The fourth-order valence-corrected chi connectivity index (χ4v) is 2.47. The van der Waals surface area contributed by atoms with Gasteiger partial charge in [-0.2, -0.15) is 0 Å². The fraction of sp³-hybridized carbons (Fsp3) is 0.467. The summed E-state index contributed by atoms with van der Waals surface area (Å²) in [5.74, 6) is -0.493. The van der Waals surface area contributed by atoms with Gasteiger partial charge in [0, 0.05) is 4.47 Å². The van der Waals surface area contributed by atoms with E-state index >= 15 is 0 Å². The van der Waals surface area contributed by atoms with E-state index in [0.29, 0.717) is 6.61 Å². The van der Waals surface area contributed by atoms with Gasteiger partial charge in [-0.25, -0.2) is 4.79 Å². The summed E-state index contributed by atoms with van der Waals surface area (Å²) in [7, 11) is 0. The highest BCUT2D eigenvalue weighted by Gasteiger charge is 2.51. The minimum Gasteiger partial charge on any atom is -0.464 e. The molecule has 20 heavy (non-hydrogen) atoms. The summed E-state index contributed by atoms with van der Waals surface area (Å²) in [6.45, 7) is 3.71. The molecule has 0 spiro atoms. The number of benzene rings is 1. The van der Waals surface area contributed by atoms with Crippen LogP contribution >= 0.6 is 15.9 Å². The Balaban J connectivity index is 2.05. The number of ether oxygens (including phenoxy) is 1. The molecule has 1 aliphatic carbocycles. The van der Waals surface area contributed by atoms with Crippen molar-refractivity contribution in [3.8, 4) is 0 Å². The predicted octanol–water partition coefficient (Wildman–Crippen LogP) is 2.55. The molecule has 1 aliphatic rings. The highest BCUT2D eigenvalue weighted by molar-refractivity contribution is 9.10. The summed E-state index contributed by atoms with van der Waals surface area (Å²) in [6, 6.07) is 7.14. The molecule has 0 heterocycles. The van der Waals surface area contributed by atoms with Gasteiger partial charge in [-0.3, -0.25) is 4.79 Å². The first-order valence-corrected chi connectivity index (χ1v) is 7.52. The van der Waals surface area contributed by atoms with Crippen molar-refractivity contribution in [3.05, 3.63) is 34.3 Å². The molecule has 0 bridgehead atoms. The van der Waals surface area contributed by atoms with Crippen LogP contribution in [-0.2, 0) is 19.7 Å². The second kappa shape index (κ2) is 5.95. The summed E-state index contributed by atoms with van der Waals surface area (Å²) in [5.41, 5.74) is 0.524. The van der Waals surface area contributed by atoms with Gasteiger partial charge in [-0.05, 0) is 44.4 Å². The molecule has 0 radical (unpaired) electrons. The van der Waals surface area contributed by atoms with Gasteiger partial charge in [-0.1, -0.05) is 28.1 Å². The zero-order valence-corrected chi connectivity index (χ0v) is 13.2. The second-order valence-electron chi connectivity index (χ2n) is 5.04. The number of amides is 1. The monoisotopic (exact) mass is 339 g/mol. The van der Waals surface area contributed by atoms with E-state index in [2.05, 4.69) is 21.2 Å². The molecule has 0 saturated heterocycles. The zero-order valence-electron chi connectivity index (χ0n) is 11.6. The standard InChI is InChI=1S/C15H18BrNO3/c1-3-20-13(18)10(2)17-14(19)15(8-9-15)11-4-6-12(16)7-5-11/h4-7,10H,3,8-9H2,1-2H3,(H,17,19). The van der Waals surface area contributed by atoms with E-state index in [-0.39, 0.29) is 5.91 Å². The normalized spacial score (nSPS) is 17.1. The average Bonchev–Trinajstić information content (AvgIpc) is 3.21. The van der Waals surface area contributed by atoms with Gasteiger partial charge in [0.2, 0.25) is 5.91 Å². The number of nitrogens with one attached hydrogen (secondary N) is 1. The summed E-state index contributed by atoms with van der Waals surface area (Å²) in [4.78, 5) is 24.0. The van der Waals surface area contributed by atoms with Gasteiger partial charge < -0.3 is 10.1 Å². The minimum absolute atomic E-state index is 0.0969. The van der Waals surface area contributed by atoms with E-state index in [9.17, 15) is 9.59 Å². The molecule has 108 valence electrons. The molecule has 1 atom stereocenters. The lowest BCUT2D eigenvalue weighted by molar-refractivity contribution is -0.147. The zero-order chi connectivity index (χ0) is 14.8. The first-order valence-electron chi connectivity index (χ1n) is 6.73. The van der Waals surface area contributed by atoms with Gasteiger partial charge >= 0.3 is 5.97 Å². The Hall–Kier alpha value is -1.36. The lowest BCUT2D eigenvalue weighted by atomic mass is 9.95. The van der Waals surface area contributed by atoms with Crippen LogP contribution in [0, 0.1) is 0 Å². The first kappa shape index (κ1) is 15.0. The molecular weight excluding hydrogens is 322 g/mol. The van der Waals surface area contributed by atoms with Crippen molar-refractivity contribution in [1.82, 2.24) is 5.32 Å². The van der Waals surface area contributed by atoms with E-state index in [1.807, 2.05) is 24.3 Å². The van der Waals surface area contributed by atoms with E-state index in [0.717, 1.165) is 22.9 Å². The van der Waals surface area contributed by atoms with Crippen molar-refractivity contribution >= 4 is 27.8 Å². The molecule has 1 saturated carbocycles. The number of halogens is 1. The smallest absolute Gasteiger partial charge is 0.328 e. The van der Waals surface area contributed by atoms with E-state index in [4.69, 9.17) is 4.74 Å². The fourth-order valence-electron chi connectivity index (χ4n) is 2.20. The molecule has 0 aromatic heterocycles. The lowest BCUT2D eigenvalue weighted by Crippen LogP contribution is -2.44. The minimum atomic E-state index is -0.615. The van der Waals surface area contributed by atoms with Crippen LogP contribution in [0.25, 0.3) is 0 Å². The number of carbonyl (C=O) groups excluding carboxylic acids is 2. The number of hydrogen-bond acceptors (Lipinski definition) is 3. The summed E-state index contributed by atoms with van der Waals surface area (Å²) < 4.78 is 5.88. The van der Waals surface area contributed by atoms with Crippen LogP contribution in [0.3, 0.4) is 0 Å². The van der Waals surface area contributed by atoms with Crippen molar-refractivity contribution in [1.29, 1.82) is 0 Å². The highest BCUT2D eigenvalue weighted by Crippen LogP contribution is 2.48. The van der Waals surface area contributed by atoms with Gasteiger partial charge in [-0.15, -0.1) is 0 Å². The Morgan fingerprint density at radius 3 is 2.45 bits per heavy atom. The Kier molecular flexibility index (Phi) is 4.48. The van der Waals surface area contributed by atoms with Crippen LogP contribution in [0.2, 0.25) is 0 Å². The summed E-state index contributed by atoms with van der Waals surface area (Å²) >= 11 is 3.38. The second-order valence-corrected chi connectivity index (χ2v) is 5.95. The van der Waals surface area contributed by atoms with Crippen LogP contribution in [0.4, 0.5) is 0 Å². The maximum Gasteiger partial charge on any atom is 0.328 e. The Bertz CT molecular complexity index is 508. The van der Waals surface area contributed by atoms with Crippen molar-refractivity contribution in [2.24, 2.45) is 0 Å². The topological polar surface area (TPSA) is 55.4 Å². The van der Waals surface area contributed by atoms with Crippen LogP contribution in [0.15, 0.2) is 28.7 Å². The molecule has 1 unspecified atom stereocenters. The third-order valence-corrected chi connectivity index (χ3v) is 4.10. The Morgan fingerprint density at radius 2 is 1.95 bits per heavy atom. The molecule has 1 aromatic carbocycles. The molecule has 1 fully saturated rings. The van der Waals surface area contributed by atoms with Crippen molar-refractivity contribution in [2.75, 3.05) is 6.61 Å². The van der Waals surface area contributed by atoms with Crippen molar-refractivity contribution < 1.29 is 14.3 Å². The van der Waals surface area contributed by atoms with E-state index < -0.39 is 17.4 Å². The van der Waals surface area contributed by atoms with Gasteiger partial charge in [0.1, 0.15) is 6.04 Å². The molecule has 4 nitrogen and oxygen atoms in total. The largest absolute Gasteiger partial charge is 0.464 e. The molecule has 5 heteroatoms. The van der Waals surface area contributed by atoms with Crippen molar-refractivity contribution in [2.45, 2.75) is 38.1 Å². The average molecular weight is 340 g/mol. The van der Waals surface area contributed by atoms with Crippen LogP contribution in [0.5, 0.6) is 0 Å². The Morgan fingerprint density at radius 1 is 1.35 bits per heavy atom. The number of carbonyl (C=O) groups is 2. The molecule has 1 aromatic rings. The molecular formula is C15H18BrNO3. The first-order chi connectivity index (χ1) is 9.49. The maximum absolute atomic E-state index is 12.4. The molecule has 1 N–H and O–H groups in total. The van der Waals surface area contributed by atoms with Gasteiger partial charge in [0.05, 0.1) is 12.0 Å². The van der Waals surface area contributed by atoms with Gasteiger partial charge in [0.25, 0.3) is 0 Å². The number of esters is 1. The van der Waals surface area contributed by atoms with Gasteiger partial charge in [0.15, 0.2) is 0 Å². The van der Waals surface area contributed by atoms with E-state index in [1.165, 1.54) is 0 Å². The van der Waals surface area contributed by atoms with E-state index in [1.54, 1.807) is 13.8 Å². The predicted molar refractivity (Wildman–Crippen MR) is 79.3 cm³/mol. The lowest BCUT2D eigenvalue weighted by Gasteiger charge is -2.19. The quantitative estimate of drug-likeness (QED) is 0.838.